The summed E-state index contributed by atoms with van der Waals surface area (Å²) in [7, 11) is -3.53. The predicted octanol–water partition coefficient (Wildman–Crippen LogP) is 2.33. The first-order valence-corrected chi connectivity index (χ1v) is 10.7. The highest BCUT2D eigenvalue weighted by molar-refractivity contribution is 7.91. The summed E-state index contributed by atoms with van der Waals surface area (Å²) in [5.41, 5.74) is 0. The molecule has 6 nitrogen and oxygen atoms in total. The van der Waals surface area contributed by atoms with E-state index in [1.807, 2.05) is 0 Å². The summed E-state index contributed by atoms with van der Waals surface area (Å²) >= 11 is 0. The quantitative estimate of drug-likeness (QED) is 0.732. The molecule has 0 heterocycles. The molecule has 26 heavy (non-hydrogen) atoms. The smallest absolute Gasteiger partial charge is 0.307 e. The van der Waals surface area contributed by atoms with E-state index >= 15 is 0 Å². The van der Waals surface area contributed by atoms with Crippen molar-refractivity contribution in [3.63, 3.8) is 0 Å². The van der Waals surface area contributed by atoms with Gasteiger partial charge in [0.25, 0.3) is 5.91 Å². The molecule has 0 aromatic heterocycles. The Balaban J connectivity index is 1.74. The molecule has 3 atom stereocenters. The minimum Gasteiger partial charge on any atom is -0.456 e. The molecule has 0 bridgehead atoms. The van der Waals surface area contributed by atoms with Crippen molar-refractivity contribution in [1.82, 2.24) is 5.32 Å². The highest BCUT2D eigenvalue weighted by atomic mass is 32.2. The molecule has 0 saturated heterocycles. The van der Waals surface area contributed by atoms with Crippen LogP contribution in [0.2, 0.25) is 0 Å². The van der Waals surface area contributed by atoms with Gasteiger partial charge in [0.15, 0.2) is 16.4 Å². The first-order valence-electron chi connectivity index (χ1n) is 9.02. The third kappa shape index (κ3) is 5.83. The fourth-order valence-corrected chi connectivity index (χ4v) is 4.46. The lowest BCUT2D eigenvalue weighted by atomic mass is 9.78. The maximum Gasteiger partial charge on any atom is 0.307 e. The van der Waals surface area contributed by atoms with Gasteiger partial charge in [-0.25, -0.2) is 8.42 Å². The van der Waals surface area contributed by atoms with Crippen LogP contribution in [0.5, 0.6) is 0 Å². The van der Waals surface area contributed by atoms with Gasteiger partial charge in [0.1, 0.15) is 0 Å². The van der Waals surface area contributed by atoms with Crippen LogP contribution in [0.4, 0.5) is 0 Å². The van der Waals surface area contributed by atoms with Crippen LogP contribution in [0.3, 0.4) is 0 Å². The van der Waals surface area contributed by atoms with Crippen LogP contribution in [0.15, 0.2) is 35.2 Å². The summed E-state index contributed by atoms with van der Waals surface area (Å²) in [5, 5.41) is 2.92. The SMILES string of the molecule is C[C@H]1[C@H](C)CCC[C@@H]1NC(=O)COC(=O)CCS(=O)(=O)c1ccccc1. The maximum absolute atomic E-state index is 12.1. The number of rotatable bonds is 7. The Bertz CT molecular complexity index is 717. The number of hydrogen-bond donors (Lipinski definition) is 1. The molecule has 1 aliphatic rings. The molecule has 1 aromatic rings. The zero-order chi connectivity index (χ0) is 19.2. The number of benzene rings is 1. The number of sulfone groups is 1. The Morgan fingerprint density at radius 2 is 1.85 bits per heavy atom. The lowest BCUT2D eigenvalue weighted by Crippen LogP contribution is -2.45. The molecule has 1 aliphatic carbocycles. The summed E-state index contributed by atoms with van der Waals surface area (Å²) in [6, 6.07) is 8.05. The molecule has 0 spiro atoms. The second-order valence-corrected chi connectivity index (χ2v) is 9.09. The molecule has 0 radical (unpaired) electrons. The average Bonchev–Trinajstić information content (AvgIpc) is 2.63. The van der Waals surface area contributed by atoms with Gasteiger partial charge in [-0.15, -0.1) is 0 Å². The van der Waals surface area contributed by atoms with E-state index in [9.17, 15) is 18.0 Å². The van der Waals surface area contributed by atoms with Gasteiger partial charge < -0.3 is 10.1 Å². The molecule has 2 rings (SSSR count). The van der Waals surface area contributed by atoms with Crippen LogP contribution in [-0.2, 0) is 24.2 Å². The lowest BCUT2D eigenvalue weighted by Gasteiger charge is -2.34. The van der Waals surface area contributed by atoms with Gasteiger partial charge in [-0.3, -0.25) is 9.59 Å². The molecular formula is C19H27NO5S. The number of amides is 1. The molecule has 0 aliphatic heterocycles. The van der Waals surface area contributed by atoms with E-state index in [1.165, 1.54) is 18.6 Å². The van der Waals surface area contributed by atoms with Crippen molar-refractivity contribution in [2.45, 2.75) is 50.5 Å². The number of esters is 1. The van der Waals surface area contributed by atoms with Crippen molar-refractivity contribution in [3.05, 3.63) is 30.3 Å². The van der Waals surface area contributed by atoms with E-state index in [4.69, 9.17) is 4.74 Å². The van der Waals surface area contributed by atoms with E-state index in [1.54, 1.807) is 18.2 Å². The largest absolute Gasteiger partial charge is 0.456 e. The van der Waals surface area contributed by atoms with E-state index in [2.05, 4.69) is 19.2 Å². The van der Waals surface area contributed by atoms with Crippen molar-refractivity contribution in [3.8, 4) is 0 Å². The maximum atomic E-state index is 12.1. The van der Waals surface area contributed by atoms with Gasteiger partial charge in [-0.1, -0.05) is 44.9 Å². The Morgan fingerprint density at radius 1 is 1.15 bits per heavy atom. The molecule has 0 unspecified atom stereocenters. The van der Waals surface area contributed by atoms with E-state index < -0.39 is 15.8 Å². The predicted molar refractivity (Wildman–Crippen MR) is 98.2 cm³/mol. The monoisotopic (exact) mass is 381 g/mol. The fourth-order valence-electron chi connectivity index (χ4n) is 3.22. The molecule has 1 amide bonds. The van der Waals surface area contributed by atoms with Crippen LogP contribution in [-0.4, -0.2) is 38.7 Å². The van der Waals surface area contributed by atoms with Gasteiger partial charge in [-0.2, -0.15) is 0 Å². The molecule has 1 aromatic carbocycles. The average molecular weight is 381 g/mol. The number of ether oxygens (including phenoxy) is 1. The lowest BCUT2D eigenvalue weighted by molar-refractivity contribution is -0.148. The first-order chi connectivity index (χ1) is 12.3. The van der Waals surface area contributed by atoms with Crippen molar-refractivity contribution in [1.29, 1.82) is 0 Å². The molecule has 1 fully saturated rings. The van der Waals surface area contributed by atoms with Gasteiger partial charge >= 0.3 is 5.97 Å². The van der Waals surface area contributed by atoms with Crippen LogP contribution >= 0.6 is 0 Å². The van der Waals surface area contributed by atoms with Crippen LogP contribution in [0.25, 0.3) is 0 Å². The highest BCUT2D eigenvalue weighted by Crippen LogP contribution is 2.29. The summed E-state index contributed by atoms with van der Waals surface area (Å²) in [5.74, 6) is -0.423. The zero-order valence-corrected chi connectivity index (χ0v) is 16.1. The summed E-state index contributed by atoms with van der Waals surface area (Å²) in [4.78, 5) is 23.9. The minimum absolute atomic E-state index is 0.100. The normalized spacial score (nSPS) is 23.2. The molecule has 1 N–H and O–H groups in total. The van der Waals surface area contributed by atoms with Crippen LogP contribution in [0, 0.1) is 11.8 Å². The topological polar surface area (TPSA) is 89.5 Å². The third-order valence-corrected chi connectivity index (χ3v) is 6.83. The summed E-state index contributed by atoms with van der Waals surface area (Å²) < 4.78 is 29.2. The molecule has 144 valence electrons. The third-order valence-electron chi connectivity index (χ3n) is 5.09. The van der Waals surface area contributed by atoms with Crippen molar-refractivity contribution in [2.75, 3.05) is 12.4 Å². The van der Waals surface area contributed by atoms with Crippen molar-refractivity contribution >= 4 is 21.7 Å². The van der Waals surface area contributed by atoms with Gasteiger partial charge in [0.2, 0.25) is 0 Å². The Morgan fingerprint density at radius 3 is 2.54 bits per heavy atom. The Hall–Kier alpha value is -1.89. The van der Waals surface area contributed by atoms with E-state index in [0.29, 0.717) is 11.8 Å². The minimum atomic E-state index is -3.53. The van der Waals surface area contributed by atoms with Crippen LogP contribution < -0.4 is 5.32 Å². The summed E-state index contributed by atoms with van der Waals surface area (Å²) in [6.07, 6.45) is 2.90. The van der Waals surface area contributed by atoms with Crippen LogP contribution in [0.1, 0.15) is 39.5 Å². The second kappa shape index (κ2) is 9.16. The number of carbonyl (C=O) groups is 2. The Labute approximate surface area is 155 Å². The van der Waals surface area contributed by atoms with Crippen molar-refractivity contribution in [2.24, 2.45) is 11.8 Å². The van der Waals surface area contributed by atoms with Gasteiger partial charge in [-0.05, 0) is 30.4 Å². The van der Waals surface area contributed by atoms with Gasteiger partial charge in [0, 0.05) is 6.04 Å². The molecular weight excluding hydrogens is 354 g/mol. The zero-order valence-electron chi connectivity index (χ0n) is 15.3. The first kappa shape index (κ1) is 20.4. The van der Waals surface area contributed by atoms with E-state index in [0.717, 1.165) is 12.8 Å². The number of hydrogen-bond acceptors (Lipinski definition) is 5. The standard InChI is InChI=1S/C19H27NO5S/c1-14-7-6-10-17(15(14)2)20-18(21)13-25-19(22)11-12-26(23,24)16-8-4-3-5-9-16/h3-5,8-9,14-15,17H,6-7,10-13H2,1-2H3,(H,20,21)/t14-,15+,17+/m1/s1. The van der Waals surface area contributed by atoms with Gasteiger partial charge in [0.05, 0.1) is 17.1 Å². The second-order valence-electron chi connectivity index (χ2n) is 6.98. The summed E-state index contributed by atoms with van der Waals surface area (Å²) in [6.45, 7) is 3.92. The van der Waals surface area contributed by atoms with E-state index in [-0.39, 0.29) is 35.6 Å². The number of nitrogens with one attached hydrogen (secondary N) is 1. The molecule has 7 heteroatoms. The highest BCUT2D eigenvalue weighted by Gasteiger charge is 2.28. The fraction of sp³-hybridized carbons (Fsp3) is 0.579. The van der Waals surface area contributed by atoms with Crippen molar-refractivity contribution < 1.29 is 22.7 Å². The molecule has 1 saturated carbocycles. The number of carbonyl (C=O) groups excluding carboxylic acids is 2. The Kier molecular flexibility index (Phi) is 7.20.